The molecule has 12 aromatic rings. The molecule has 3 aromatic heterocycles. The third-order valence-electron chi connectivity index (χ3n) is 11.5. The highest BCUT2D eigenvalue weighted by Crippen LogP contribution is 2.44. The maximum absolute atomic E-state index is 5.64. The topological polar surface area (TPSA) is 35.6 Å². The molecule has 0 amide bonds. The van der Waals surface area contributed by atoms with E-state index < -0.39 is 0 Å². The lowest BCUT2D eigenvalue weighted by Gasteiger charge is -2.14. The van der Waals surface area contributed by atoms with Gasteiger partial charge >= 0.3 is 0 Å². The molecular weight excluding hydrogens is 681 g/mol. The molecule has 0 fully saturated rings. The molecule has 0 aliphatic carbocycles. The summed E-state index contributed by atoms with van der Waals surface area (Å²) in [6, 6.07) is 69.5. The molecule has 3 heterocycles. The lowest BCUT2D eigenvalue weighted by atomic mass is 9.95. The lowest BCUT2D eigenvalue weighted by molar-refractivity contribution is 1.01. The van der Waals surface area contributed by atoms with Crippen LogP contribution in [0.15, 0.2) is 194 Å². The molecular formula is C52H32N4. The molecule has 0 saturated heterocycles. The predicted octanol–water partition coefficient (Wildman–Crippen LogP) is 13.5. The SMILES string of the molecule is c1ccc(-c2cccc3c2c2cc4ccccc4cc2n3-c2nc(-c3cccc4ccc5c(c6ccccc6n5-c5ccccc5)c34)c3ccccc3n2)cc1. The van der Waals surface area contributed by atoms with Crippen molar-refractivity contribution in [3.05, 3.63) is 194 Å². The summed E-state index contributed by atoms with van der Waals surface area (Å²) < 4.78 is 4.67. The summed E-state index contributed by atoms with van der Waals surface area (Å²) >= 11 is 0. The fourth-order valence-electron chi connectivity index (χ4n) is 9.09. The standard InChI is InChI=1S/C52H32N4/c1-3-15-33(16-4-1)38-24-14-28-45-49(38)42-31-35-17-7-8-18-36(35)32-47(42)56(45)52-53-43-26-11-9-22-39(43)51(54-52)41-25-13-19-34-29-30-46-50(48(34)41)40-23-10-12-27-44(40)55(46)37-20-5-2-6-21-37/h1-32H. The van der Waals surface area contributed by atoms with Gasteiger partial charge < -0.3 is 4.57 Å². The molecule has 0 saturated carbocycles. The minimum absolute atomic E-state index is 0.648. The Bertz CT molecular complexity index is 3520. The Kier molecular flexibility index (Phi) is 6.60. The van der Waals surface area contributed by atoms with E-state index in [1.165, 1.54) is 65.3 Å². The van der Waals surface area contributed by atoms with E-state index in [0.29, 0.717) is 5.95 Å². The average molecular weight is 713 g/mol. The van der Waals surface area contributed by atoms with Crippen LogP contribution in [0.5, 0.6) is 0 Å². The Morgan fingerprint density at radius 2 is 0.982 bits per heavy atom. The fraction of sp³-hybridized carbons (Fsp3) is 0. The summed E-state index contributed by atoms with van der Waals surface area (Å²) in [7, 11) is 0. The van der Waals surface area contributed by atoms with Gasteiger partial charge in [0.1, 0.15) is 0 Å². The second-order valence-electron chi connectivity index (χ2n) is 14.6. The van der Waals surface area contributed by atoms with Crippen molar-refractivity contribution in [3.63, 3.8) is 0 Å². The number of nitrogens with zero attached hydrogens (tertiary/aromatic N) is 4. The van der Waals surface area contributed by atoms with E-state index in [0.717, 1.165) is 38.9 Å². The van der Waals surface area contributed by atoms with Crippen LogP contribution in [-0.2, 0) is 0 Å². The molecule has 12 rings (SSSR count). The summed E-state index contributed by atoms with van der Waals surface area (Å²) in [6.45, 7) is 0. The van der Waals surface area contributed by atoms with Crippen LogP contribution in [0.25, 0.3) is 110 Å². The minimum Gasteiger partial charge on any atom is -0.309 e. The summed E-state index contributed by atoms with van der Waals surface area (Å²) in [6.07, 6.45) is 0. The molecule has 4 nitrogen and oxygen atoms in total. The molecule has 260 valence electrons. The average Bonchev–Trinajstić information content (AvgIpc) is 3.78. The van der Waals surface area contributed by atoms with E-state index in [4.69, 9.17) is 9.97 Å². The first-order valence-electron chi connectivity index (χ1n) is 19.1. The first-order chi connectivity index (χ1) is 27.8. The van der Waals surface area contributed by atoms with Gasteiger partial charge in [0.25, 0.3) is 0 Å². The molecule has 0 bridgehead atoms. The third kappa shape index (κ3) is 4.47. The zero-order chi connectivity index (χ0) is 36.7. The van der Waals surface area contributed by atoms with Gasteiger partial charge in [-0.15, -0.1) is 0 Å². The van der Waals surface area contributed by atoms with Crippen LogP contribution in [0.1, 0.15) is 0 Å². The van der Waals surface area contributed by atoms with Gasteiger partial charge in [-0.3, -0.25) is 4.57 Å². The Labute approximate surface area is 322 Å². The second kappa shape index (κ2) is 12.0. The van der Waals surface area contributed by atoms with E-state index in [1.807, 2.05) is 0 Å². The lowest BCUT2D eigenvalue weighted by Crippen LogP contribution is -2.03. The summed E-state index contributed by atoms with van der Waals surface area (Å²) in [5, 5.41) is 10.6. The maximum Gasteiger partial charge on any atom is 0.235 e. The Morgan fingerprint density at radius 1 is 0.339 bits per heavy atom. The van der Waals surface area contributed by atoms with Crippen LogP contribution in [0.3, 0.4) is 0 Å². The highest BCUT2D eigenvalue weighted by Gasteiger charge is 2.22. The van der Waals surface area contributed by atoms with Crippen molar-refractivity contribution in [1.29, 1.82) is 0 Å². The van der Waals surface area contributed by atoms with Crippen molar-refractivity contribution < 1.29 is 0 Å². The smallest absolute Gasteiger partial charge is 0.235 e. The van der Waals surface area contributed by atoms with Gasteiger partial charge in [-0.05, 0) is 75.8 Å². The first-order valence-corrected chi connectivity index (χ1v) is 19.1. The number of aromatic nitrogens is 4. The van der Waals surface area contributed by atoms with Crippen molar-refractivity contribution in [2.45, 2.75) is 0 Å². The molecule has 56 heavy (non-hydrogen) atoms. The van der Waals surface area contributed by atoms with Gasteiger partial charge in [-0.25, -0.2) is 9.97 Å². The molecule has 0 atom stereocenters. The van der Waals surface area contributed by atoms with Gasteiger partial charge in [0.05, 0.1) is 33.3 Å². The van der Waals surface area contributed by atoms with E-state index in [9.17, 15) is 0 Å². The summed E-state index contributed by atoms with van der Waals surface area (Å²) in [5.74, 6) is 0.648. The van der Waals surface area contributed by atoms with Crippen molar-refractivity contribution >= 4 is 76.1 Å². The zero-order valence-corrected chi connectivity index (χ0v) is 30.3. The van der Waals surface area contributed by atoms with Crippen molar-refractivity contribution in [1.82, 2.24) is 19.1 Å². The Hall–Kier alpha value is -7.56. The van der Waals surface area contributed by atoms with Crippen molar-refractivity contribution in [3.8, 4) is 34.0 Å². The first kappa shape index (κ1) is 30.9. The van der Waals surface area contributed by atoms with E-state index in [-0.39, 0.29) is 0 Å². The molecule has 0 spiro atoms. The largest absolute Gasteiger partial charge is 0.309 e. The Balaban J connectivity index is 1.21. The van der Waals surface area contributed by atoms with Crippen molar-refractivity contribution in [2.75, 3.05) is 0 Å². The number of benzene rings is 9. The fourth-order valence-corrected chi connectivity index (χ4v) is 9.09. The highest BCUT2D eigenvalue weighted by atomic mass is 15.2. The van der Waals surface area contributed by atoms with Crippen molar-refractivity contribution in [2.24, 2.45) is 0 Å². The molecule has 0 N–H and O–H groups in total. The quantitative estimate of drug-likeness (QED) is 0.182. The van der Waals surface area contributed by atoms with E-state index in [2.05, 4.69) is 203 Å². The van der Waals surface area contributed by atoms with Gasteiger partial charge in [-0.2, -0.15) is 0 Å². The van der Waals surface area contributed by atoms with Gasteiger partial charge in [0, 0.05) is 43.6 Å². The summed E-state index contributed by atoms with van der Waals surface area (Å²) in [5.41, 5.74) is 10.9. The molecule has 0 unspecified atom stereocenters. The molecule has 9 aromatic carbocycles. The van der Waals surface area contributed by atoms with E-state index >= 15 is 0 Å². The minimum atomic E-state index is 0.648. The van der Waals surface area contributed by atoms with Gasteiger partial charge in [0.15, 0.2) is 0 Å². The highest BCUT2D eigenvalue weighted by molar-refractivity contribution is 6.25. The third-order valence-corrected chi connectivity index (χ3v) is 11.5. The normalized spacial score (nSPS) is 11.9. The predicted molar refractivity (Wildman–Crippen MR) is 234 cm³/mol. The van der Waals surface area contributed by atoms with E-state index in [1.54, 1.807) is 0 Å². The van der Waals surface area contributed by atoms with Crippen LogP contribution in [0.2, 0.25) is 0 Å². The number of fused-ring (bicyclic) bond motifs is 10. The monoisotopic (exact) mass is 712 g/mol. The summed E-state index contributed by atoms with van der Waals surface area (Å²) in [4.78, 5) is 11.0. The zero-order valence-electron chi connectivity index (χ0n) is 30.3. The molecule has 0 aliphatic heterocycles. The van der Waals surface area contributed by atoms with Crippen LogP contribution >= 0.6 is 0 Å². The maximum atomic E-state index is 5.64. The number of rotatable bonds is 4. The number of hydrogen-bond donors (Lipinski definition) is 0. The van der Waals surface area contributed by atoms with Crippen LogP contribution in [-0.4, -0.2) is 19.1 Å². The second-order valence-corrected chi connectivity index (χ2v) is 14.6. The van der Waals surface area contributed by atoms with Crippen LogP contribution < -0.4 is 0 Å². The Morgan fingerprint density at radius 3 is 1.84 bits per heavy atom. The van der Waals surface area contributed by atoms with Gasteiger partial charge in [0.2, 0.25) is 5.95 Å². The van der Waals surface area contributed by atoms with Crippen LogP contribution in [0.4, 0.5) is 0 Å². The molecule has 0 radical (unpaired) electrons. The number of hydrogen-bond acceptors (Lipinski definition) is 2. The molecule has 4 heteroatoms. The van der Waals surface area contributed by atoms with Crippen LogP contribution in [0, 0.1) is 0 Å². The molecule has 0 aliphatic rings. The van der Waals surface area contributed by atoms with Gasteiger partial charge in [-0.1, -0.05) is 146 Å². The number of para-hydroxylation sites is 3.